The predicted molar refractivity (Wildman–Crippen MR) is 216 cm³/mol. The van der Waals surface area contributed by atoms with Gasteiger partial charge in [-0.2, -0.15) is 0 Å². The van der Waals surface area contributed by atoms with Crippen molar-refractivity contribution >= 4 is 17.2 Å². The molecule has 2 unspecified atom stereocenters. The number of rotatable bonds is 16. The fourth-order valence-corrected chi connectivity index (χ4v) is 9.01. The van der Waals surface area contributed by atoms with Gasteiger partial charge in [-0.25, -0.2) is 8.78 Å². The Hall–Kier alpha value is -3.95. The molecule has 0 amide bonds. The molecule has 0 spiro atoms. The lowest BCUT2D eigenvalue weighted by Crippen LogP contribution is -2.53. The molecule has 6 rings (SSSR count). The first-order valence-electron chi connectivity index (χ1n) is 20.0. The lowest BCUT2D eigenvalue weighted by atomic mass is 9.53. The van der Waals surface area contributed by atoms with Gasteiger partial charge in [0, 0.05) is 64.8 Å². The van der Waals surface area contributed by atoms with Gasteiger partial charge in [0.25, 0.3) is 0 Å². The number of Topliss-reactive ketones (excluding diaryl/α,β-unsaturated/α-hetero) is 1. The SMILES string of the molecule is CN(C)c1cccc(OCCCN2CCC(C3(C(=O)C4(C5CCN(CCCOc6cccc(N(C)C)c6)CC5)C=CC(F)=CC4)C=CC(F)=CC3)CC2)c1. The van der Waals surface area contributed by atoms with Crippen molar-refractivity contribution in [3.8, 4) is 11.5 Å². The molecule has 2 atom stereocenters. The van der Waals surface area contributed by atoms with Crippen LogP contribution < -0.4 is 19.3 Å². The van der Waals surface area contributed by atoms with Crippen LogP contribution in [0, 0.1) is 22.7 Å². The molecule has 2 heterocycles. The summed E-state index contributed by atoms with van der Waals surface area (Å²) in [4.78, 5) is 24.4. The third-order valence-electron chi connectivity index (χ3n) is 12.3. The molecule has 9 heteroatoms. The van der Waals surface area contributed by atoms with E-state index in [2.05, 4.69) is 43.9 Å². The molecule has 0 radical (unpaired) electrons. The molecule has 2 fully saturated rings. The quantitative estimate of drug-likeness (QED) is 0.160. The van der Waals surface area contributed by atoms with Crippen LogP contribution >= 0.6 is 0 Å². The average Bonchev–Trinajstić information content (AvgIpc) is 3.19. The normalized spacial score (nSPS) is 24.2. The van der Waals surface area contributed by atoms with Gasteiger partial charge in [0.15, 0.2) is 5.78 Å². The van der Waals surface area contributed by atoms with Gasteiger partial charge in [-0.05, 0) is 138 Å². The van der Waals surface area contributed by atoms with Crippen molar-refractivity contribution in [1.29, 1.82) is 0 Å². The van der Waals surface area contributed by atoms with Crippen LogP contribution in [0.15, 0.2) is 96.6 Å². The van der Waals surface area contributed by atoms with Gasteiger partial charge in [0.05, 0.1) is 24.0 Å². The Morgan fingerprint density at radius 2 is 1.09 bits per heavy atom. The maximum Gasteiger partial charge on any atom is 0.153 e. The molecule has 4 aliphatic rings. The van der Waals surface area contributed by atoms with E-state index in [1.165, 1.54) is 12.2 Å². The molecular formula is C45H60F2N4O3. The summed E-state index contributed by atoms with van der Waals surface area (Å²) in [7, 11) is 8.09. The number of likely N-dealkylation sites (tertiary alicyclic amines) is 2. The summed E-state index contributed by atoms with van der Waals surface area (Å²) in [6.45, 7) is 6.68. The lowest BCUT2D eigenvalue weighted by molar-refractivity contribution is -0.142. The number of allylic oxidation sites excluding steroid dienone is 8. The van der Waals surface area contributed by atoms with Crippen molar-refractivity contribution in [2.45, 2.75) is 51.4 Å². The molecule has 292 valence electrons. The van der Waals surface area contributed by atoms with Crippen LogP contribution in [0.3, 0.4) is 0 Å². The second-order valence-electron chi connectivity index (χ2n) is 16.1. The smallest absolute Gasteiger partial charge is 0.153 e. The lowest BCUT2D eigenvalue weighted by Gasteiger charge is -2.50. The Balaban J connectivity index is 1.05. The minimum absolute atomic E-state index is 0.0893. The largest absolute Gasteiger partial charge is 0.493 e. The topological polar surface area (TPSA) is 48.5 Å². The van der Waals surface area contributed by atoms with Gasteiger partial charge in [0.1, 0.15) is 23.2 Å². The zero-order valence-electron chi connectivity index (χ0n) is 32.8. The van der Waals surface area contributed by atoms with Gasteiger partial charge in [0.2, 0.25) is 0 Å². The van der Waals surface area contributed by atoms with E-state index < -0.39 is 10.8 Å². The highest BCUT2D eigenvalue weighted by atomic mass is 19.1. The maximum atomic E-state index is 15.3. The molecule has 54 heavy (non-hydrogen) atoms. The molecule has 2 aromatic carbocycles. The van der Waals surface area contributed by atoms with Crippen molar-refractivity contribution < 1.29 is 23.0 Å². The van der Waals surface area contributed by atoms with E-state index in [0.717, 1.165) is 101 Å². The molecule has 2 saturated heterocycles. The molecule has 0 N–H and O–H groups in total. The molecule has 0 aromatic heterocycles. The molecular weight excluding hydrogens is 683 g/mol. The monoisotopic (exact) mass is 742 g/mol. The Labute approximate surface area is 322 Å². The number of anilines is 2. The standard InChI is InChI=1S/C45H60F2N4O3/c1-48(2)39-9-5-11-41(33-39)53-31-7-25-50-27-17-35(18-28-50)44(21-13-37(46)14-22-44)43(52)45(23-15-38(47)16-24-45)36-19-29-51(30-20-36)26-8-32-54-42-12-6-10-40(34-42)49(3)4/h5-6,9-16,21,23,33-36H,7-8,17-20,22,24-32H2,1-4H3. The number of hydrogen-bond acceptors (Lipinski definition) is 7. The average molecular weight is 743 g/mol. The van der Waals surface area contributed by atoms with Crippen molar-refractivity contribution in [2.24, 2.45) is 22.7 Å². The van der Waals surface area contributed by atoms with Crippen LogP contribution in [0.1, 0.15) is 51.4 Å². The van der Waals surface area contributed by atoms with Crippen LogP contribution in [-0.2, 0) is 4.79 Å². The fourth-order valence-electron chi connectivity index (χ4n) is 9.01. The zero-order chi connectivity index (χ0) is 38.1. The van der Waals surface area contributed by atoms with Crippen LogP contribution in [0.2, 0.25) is 0 Å². The Bertz CT molecular complexity index is 1570. The Morgan fingerprint density at radius 3 is 1.44 bits per heavy atom. The predicted octanol–water partition coefficient (Wildman–Crippen LogP) is 8.65. The van der Waals surface area contributed by atoms with Gasteiger partial charge in [-0.1, -0.05) is 24.3 Å². The summed E-state index contributed by atoms with van der Waals surface area (Å²) in [5, 5.41) is 0. The summed E-state index contributed by atoms with van der Waals surface area (Å²) < 4.78 is 41.3. The van der Waals surface area contributed by atoms with E-state index in [9.17, 15) is 8.78 Å². The van der Waals surface area contributed by atoms with E-state index >= 15 is 4.79 Å². The van der Waals surface area contributed by atoms with E-state index in [4.69, 9.17) is 9.47 Å². The van der Waals surface area contributed by atoms with Crippen molar-refractivity contribution in [2.75, 3.05) is 90.5 Å². The number of ketones is 1. The number of hydrogen-bond donors (Lipinski definition) is 0. The third-order valence-corrected chi connectivity index (χ3v) is 12.3. The number of nitrogens with zero attached hydrogens (tertiary/aromatic N) is 4. The highest BCUT2D eigenvalue weighted by molar-refractivity contribution is 5.95. The molecule has 2 aromatic rings. The summed E-state index contributed by atoms with van der Waals surface area (Å²) in [5.74, 6) is 1.51. The minimum atomic E-state index is -0.813. The highest BCUT2D eigenvalue weighted by Crippen LogP contribution is 2.54. The maximum absolute atomic E-state index is 15.3. The molecule has 7 nitrogen and oxygen atoms in total. The summed E-state index contributed by atoms with van der Waals surface area (Å²) in [6, 6.07) is 16.3. The molecule has 0 bridgehead atoms. The zero-order valence-corrected chi connectivity index (χ0v) is 32.8. The first-order chi connectivity index (χ1) is 26.1. The number of piperidine rings is 2. The molecule has 2 aliphatic heterocycles. The van der Waals surface area contributed by atoms with E-state index in [1.807, 2.05) is 64.6 Å². The number of halogens is 2. The van der Waals surface area contributed by atoms with Crippen LogP contribution in [-0.4, -0.2) is 96.3 Å². The van der Waals surface area contributed by atoms with Crippen LogP contribution in [0.4, 0.5) is 20.2 Å². The Kier molecular flexibility index (Phi) is 13.3. The molecule has 0 saturated carbocycles. The van der Waals surface area contributed by atoms with E-state index in [0.29, 0.717) is 26.1 Å². The number of carbonyl (C=O) groups excluding carboxylic acids is 1. The Morgan fingerprint density at radius 1 is 0.685 bits per heavy atom. The van der Waals surface area contributed by atoms with Crippen molar-refractivity contribution in [1.82, 2.24) is 9.80 Å². The number of carbonyl (C=O) groups is 1. The van der Waals surface area contributed by atoms with Crippen molar-refractivity contribution in [3.63, 3.8) is 0 Å². The fraction of sp³-hybridized carbons (Fsp3) is 0.533. The summed E-state index contributed by atoms with van der Waals surface area (Å²) in [5.41, 5.74) is 0.599. The minimum Gasteiger partial charge on any atom is -0.493 e. The van der Waals surface area contributed by atoms with Gasteiger partial charge < -0.3 is 29.1 Å². The molecule has 2 aliphatic carbocycles. The first-order valence-corrected chi connectivity index (χ1v) is 20.0. The second kappa shape index (κ2) is 18.1. The van der Waals surface area contributed by atoms with E-state index in [1.54, 1.807) is 12.2 Å². The summed E-state index contributed by atoms with van der Waals surface area (Å²) >= 11 is 0. The van der Waals surface area contributed by atoms with Gasteiger partial charge in [-0.15, -0.1) is 0 Å². The van der Waals surface area contributed by atoms with Crippen molar-refractivity contribution in [3.05, 3.63) is 96.6 Å². The van der Waals surface area contributed by atoms with Crippen LogP contribution in [0.25, 0.3) is 0 Å². The van der Waals surface area contributed by atoms with Gasteiger partial charge >= 0.3 is 0 Å². The van der Waals surface area contributed by atoms with E-state index in [-0.39, 0.29) is 29.3 Å². The van der Waals surface area contributed by atoms with Gasteiger partial charge in [-0.3, -0.25) is 4.79 Å². The highest BCUT2D eigenvalue weighted by Gasteiger charge is 2.55. The number of benzene rings is 2. The van der Waals surface area contributed by atoms with Crippen LogP contribution in [0.5, 0.6) is 11.5 Å². The first kappa shape index (κ1) is 39.7. The summed E-state index contributed by atoms with van der Waals surface area (Å²) in [6.07, 6.45) is 16.0. The number of ether oxygens (including phenoxy) is 2. The third kappa shape index (κ3) is 9.46. The second-order valence-corrected chi connectivity index (χ2v) is 16.1.